The van der Waals surface area contributed by atoms with Crippen molar-refractivity contribution in [1.82, 2.24) is 5.32 Å². The molecule has 0 spiro atoms. The predicted octanol–water partition coefficient (Wildman–Crippen LogP) is 2.92. The number of carbonyl (C=O) groups is 2. The van der Waals surface area contributed by atoms with Gasteiger partial charge in [0, 0.05) is 23.3 Å². The molecule has 1 unspecified atom stereocenters. The standard InChI is InChI=1S/C18H27N3O2/c1-12-7-8-14(20-17(23)18(2,3)4)10-15(12)21-16(22)13-6-5-9-19-11-13/h7-8,10,13,19H,5-6,9,11H2,1-4H3,(H,20,23)(H,21,22). The first-order valence-corrected chi connectivity index (χ1v) is 8.21. The van der Waals surface area contributed by atoms with Crippen molar-refractivity contribution in [3.05, 3.63) is 23.8 Å². The molecular formula is C18H27N3O2. The summed E-state index contributed by atoms with van der Waals surface area (Å²) in [6, 6.07) is 5.59. The molecule has 0 aromatic heterocycles. The molecule has 0 saturated carbocycles. The van der Waals surface area contributed by atoms with E-state index in [1.807, 2.05) is 45.9 Å². The highest BCUT2D eigenvalue weighted by atomic mass is 16.2. The number of benzene rings is 1. The second kappa shape index (κ2) is 7.13. The molecule has 3 N–H and O–H groups in total. The zero-order valence-electron chi connectivity index (χ0n) is 14.5. The summed E-state index contributed by atoms with van der Waals surface area (Å²) in [4.78, 5) is 24.5. The zero-order valence-corrected chi connectivity index (χ0v) is 14.5. The number of aryl methyl sites for hydroxylation is 1. The van der Waals surface area contributed by atoms with Crippen molar-refractivity contribution in [3.8, 4) is 0 Å². The molecule has 1 aromatic rings. The Bertz CT molecular complexity index is 584. The van der Waals surface area contributed by atoms with Crippen LogP contribution in [0.1, 0.15) is 39.2 Å². The van der Waals surface area contributed by atoms with Gasteiger partial charge in [0.2, 0.25) is 11.8 Å². The van der Waals surface area contributed by atoms with Crippen molar-refractivity contribution < 1.29 is 9.59 Å². The summed E-state index contributed by atoms with van der Waals surface area (Å²) in [7, 11) is 0. The molecule has 1 aliphatic rings. The number of anilines is 2. The Labute approximate surface area is 138 Å². The van der Waals surface area contributed by atoms with Crippen LogP contribution in [-0.2, 0) is 9.59 Å². The molecule has 5 heteroatoms. The summed E-state index contributed by atoms with van der Waals surface area (Å²) < 4.78 is 0. The van der Waals surface area contributed by atoms with Gasteiger partial charge in [0.15, 0.2) is 0 Å². The van der Waals surface area contributed by atoms with Crippen LogP contribution in [0.25, 0.3) is 0 Å². The van der Waals surface area contributed by atoms with Crippen LogP contribution >= 0.6 is 0 Å². The summed E-state index contributed by atoms with van der Waals surface area (Å²) in [5.74, 6) is 0.00526. The molecule has 0 bridgehead atoms. The van der Waals surface area contributed by atoms with Gasteiger partial charge in [0.05, 0.1) is 5.92 Å². The second-order valence-corrected chi connectivity index (χ2v) is 7.27. The lowest BCUT2D eigenvalue weighted by Gasteiger charge is -2.23. The van der Waals surface area contributed by atoms with E-state index in [4.69, 9.17) is 0 Å². The van der Waals surface area contributed by atoms with E-state index in [0.29, 0.717) is 5.69 Å². The van der Waals surface area contributed by atoms with Crippen molar-refractivity contribution in [2.24, 2.45) is 11.3 Å². The van der Waals surface area contributed by atoms with Gasteiger partial charge in [0.1, 0.15) is 0 Å². The van der Waals surface area contributed by atoms with Gasteiger partial charge in [-0.2, -0.15) is 0 Å². The molecule has 1 fully saturated rings. The normalized spacial score (nSPS) is 18.3. The lowest BCUT2D eigenvalue weighted by atomic mass is 9.95. The van der Waals surface area contributed by atoms with Crippen LogP contribution in [0.2, 0.25) is 0 Å². The topological polar surface area (TPSA) is 70.2 Å². The predicted molar refractivity (Wildman–Crippen MR) is 93.5 cm³/mol. The molecular weight excluding hydrogens is 290 g/mol. The minimum absolute atomic E-state index is 0.0102. The fourth-order valence-electron chi connectivity index (χ4n) is 2.46. The maximum absolute atomic E-state index is 12.4. The number of rotatable bonds is 3. The van der Waals surface area contributed by atoms with E-state index < -0.39 is 5.41 Å². The van der Waals surface area contributed by atoms with Crippen molar-refractivity contribution in [1.29, 1.82) is 0 Å². The minimum Gasteiger partial charge on any atom is -0.326 e. The maximum Gasteiger partial charge on any atom is 0.229 e. The minimum atomic E-state index is -0.456. The number of nitrogens with one attached hydrogen (secondary N) is 3. The van der Waals surface area contributed by atoms with Gasteiger partial charge in [-0.3, -0.25) is 9.59 Å². The third kappa shape index (κ3) is 4.79. The summed E-state index contributed by atoms with van der Waals surface area (Å²) in [5, 5.41) is 9.15. The van der Waals surface area contributed by atoms with Crippen LogP contribution in [-0.4, -0.2) is 24.9 Å². The number of carbonyl (C=O) groups excluding carboxylic acids is 2. The Morgan fingerprint density at radius 2 is 1.96 bits per heavy atom. The van der Waals surface area contributed by atoms with E-state index in [2.05, 4.69) is 16.0 Å². The molecule has 0 aliphatic carbocycles. The smallest absolute Gasteiger partial charge is 0.229 e. The lowest BCUT2D eigenvalue weighted by Crippen LogP contribution is -2.37. The number of amides is 2. The average Bonchev–Trinajstić information content (AvgIpc) is 2.50. The molecule has 1 atom stereocenters. The number of piperidine rings is 1. The Kier molecular flexibility index (Phi) is 5.42. The van der Waals surface area contributed by atoms with E-state index in [0.717, 1.165) is 37.2 Å². The van der Waals surface area contributed by atoms with Crippen LogP contribution in [0.4, 0.5) is 11.4 Å². The molecule has 0 radical (unpaired) electrons. The molecule has 126 valence electrons. The third-order valence-corrected chi connectivity index (χ3v) is 4.10. The first-order chi connectivity index (χ1) is 10.8. The molecule has 1 aromatic carbocycles. The van der Waals surface area contributed by atoms with Crippen molar-refractivity contribution >= 4 is 23.2 Å². The van der Waals surface area contributed by atoms with Gasteiger partial charge in [-0.15, -0.1) is 0 Å². The Hall–Kier alpha value is -1.88. The van der Waals surface area contributed by atoms with E-state index in [1.165, 1.54) is 0 Å². The van der Waals surface area contributed by atoms with Crippen molar-refractivity contribution in [2.75, 3.05) is 23.7 Å². The van der Waals surface area contributed by atoms with Crippen LogP contribution in [0.15, 0.2) is 18.2 Å². The largest absolute Gasteiger partial charge is 0.326 e. The van der Waals surface area contributed by atoms with Crippen LogP contribution in [0.5, 0.6) is 0 Å². The lowest BCUT2D eigenvalue weighted by molar-refractivity contribution is -0.123. The highest BCUT2D eigenvalue weighted by Gasteiger charge is 2.23. The average molecular weight is 317 g/mol. The third-order valence-electron chi connectivity index (χ3n) is 4.10. The molecule has 1 heterocycles. The molecule has 5 nitrogen and oxygen atoms in total. The van der Waals surface area contributed by atoms with Crippen LogP contribution < -0.4 is 16.0 Å². The highest BCUT2D eigenvalue weighted by Crippen LogP contribution is 2.24. The van der Waals surface area contributed by atoms with Crippen LogP contribution in [0.3, 0.4) is 0 Å². The second-order valence-electron chi connectivity index (χ2n) is 7.27. The fourth-order valence-corrected chi connectivity index (χ4v) is 2.46. The quantitative estimate of drug-likeness (QED) is 0.803. The van der Waals surface area contributed by atoms with E-state index in [1.54, 1.807) is 0 Å². The molecule has 2 amide bonds. The molecule has 2 rings (SSSR count). The zero-order chi connectivity index (χ0) is 17.0. The monoisotopic (exact) mass is 317 g/mol. The van der Waals surface area contributed by atoms with Gasteiger partial charge in [-0.1, -0.05) is 26.8 Å². The summed E-state index contributed by atoms with van der Waals surface area (Å²) in [5.41, 5.74) is 1.98. The fraction of sp³-hybridized carbons (Fsp3) is 0.556. The first kappa shape index (κ1) is 17.5. The highest BCUT2D eigenvalue weighted by molar-refractivity contribution is 5.97. The van der Waals surface area contributed by atoms with Gasteiger partial charge < -0.3 is 16.0 Å². The van der Waals surface area contributed by atoms with E-state index in [9.17, 15) is 9.59 Å². The van der Waals surface area contributed by atoms with Crippen molar-refractivity contribution in [2.45, 2.75) is 40.5 Å². The number of hydrogen-bond acceptors (Lipinski definition) is 3. The van der Waals surface area contributed by atoms with Gasteiger partial charge in [-0.05, 0) is 44.0 Å². The summed E-state index contributed by atoms with van der Waals surface area (Å²) >= 11 is 0. The Morgan fingerprint density at radius 1 is 1.22 bits per heavy atom. The maximum atomic E-state index is 12.4. The molecule has 1 saturated heterocycles. The molecule has 1 aliphatic heterocycles. The summed E-state index contributed by atoms with van der Waals surface area (Å²) in [6.07, 6.45) is 1.94. The summed E-state index contributed by atoms with van der Waals surface area (Å²) in [6.45, 7) is 9.27. The Morgan fingerprint density at radius 3 is 2.57 bits per heavy atom. The molecule has 23 heavy (non-hydrogen) atoms. The first-order valence-electron chi connectivity index (χ1n) is 8.21. The van der Waals surface area contributed by atoms with Crippen LogP contribution in [0, 0.1) is 18.3 Å². The van der Waals surface area contributed by atoms with Gasteiger partial charge >= 0.3 is 0 Å². The SMILES string of the molecule is Cc1ccc(NC(=O)C(C)(C)C)cc1NC(=O)C1CCCNC1. The van der Waals surface area contributed by atoms with E-state index in [-0.39, 0.29) is 17.7 Å². The van der Waals surface area contributed by atoms with Gasteiger partial charge in [-0.25, -0.2) is 0 Å². The van der Waals surface area contributed by atoms with Gasteiger partial charge in [0.25, 0.3) is 0 Å². The van der Waals surface area contributed by atoms with Crippen molar-refractivity contribution in [3.63, 3.8) is 0 Å². The van der Waals surface area contributed by atoms with E-state index >= 15 is 0 Å². The number of hydrogen-bond donors (Lipinski definition) is 3. The Balaban J connectivity index is 2.08.